The zero-order valence-corrected chi connectivity index (χ0v) is 37.0. The molecule has 64 heavy (non-hydrogen) atoms. The van der Waals surface area contributed by atoms with Crippen LogP contribution >= 0.6 is 0 Å². The Morgan fingerprint density at radius 1 is 0.328 bits per heavy atom. The lowest BCUT2D eigenvalue weighted by Crippen LogP contribution is -2.14. The van der Waals surface area contributed by atoms with Crippen molar-refractivity contribution in [3.05, 3.63) is 192 Å². The van der Waals surface area contributed by atoms with E-state index in [1.165, 1.54) is 54.6 Å². The van der Waals surface area contributed by atoms with Crippen molar-refractivity contribution >= 4 is 110 Å². The Bertz CT molecular complexity index is 3540. The molecule has 0 amide bonds. The molecule has 0 unspecified atom stereocenters. The van der Waals surface area contributed by atoms with E-state index in [0.29, 0.717) is 0 Å². The number of benzene rings is 10. The van der Waals surface area contributed by atoms with E-state index in [9.17, 15) is 0 Å². The zero-order valence-electron chi connectivity index (χ0n) is 37.0. The topological polar surface area (TPSA) is 32.8 Å². The summed E-state index contributed by atoms with van der Waals surface area (Å²) >= 11 is 0. The van der Waals surface area contributed by atoms with Gasteiger partial charge in [-0.1, -0.05) is 149 Å². The van der Waals surface area contributed by atoms with Gasteiger partial charge < -0.3 is 18.6 Å². The smallest absolute Gasteiger partial charge is 0.159 e. The lowest BCUT2D eigenvalue weighted by molar-refractivity contribution is 0.668. The fraction of sp³-hybridized carbons (Fsp3) is 0.133. The molecule has 310 valence electrons. The van der Waals surface area contributed by atoms with Gasteiger partial charge >= 0.3 is 0 Å². The maximum Gasteiger partial charge on any atom is 0.159 e. The average molecular weight is 829 g/mol. The molecule has 0 spiro atoms. The van der Waals surface area contributed by atoms with Crippen molar-refractivity contribution in [2.45, 2.75) is 53.4 Å². The first-order valence-corrected chi connectivity index (χ1v) is 22.6. The summed E-state index contributed by atoms with van der Waals surface area (Å²) in [5, 5.41) is 12.0. The van der Waals surface area contributed by atoms with Crippen LogP contribution in [-0.2, 0) is 0 Å². The van der Waals surface area contributed by atoms with Gasteiger partial charge in [-0.25, -0.2) is 0 Å². The van der Waals surface area contributed by atoms with Crippen molar-refractivity contribution in [3.63, 3.8) is 0 Å². The second-order valence-corrected chi connectivity index (χ2v) is 18.1. The van der Waals surface area contributed by atoms with Gasteiger partial charge in [0.05, 0.1) is 22.7 Å². The largest absolute Gasteiger partial charge is 0.454 e. The molecule has 0 aliphatic heterocycles. The molecule has 0 saturated carbocycles. The van der Waals surface area contributed by atoms with Crippen molar-refractivity contribution in [2.75, 3.05) is 9.80 Å². The molecule has 2 aromatic heterocycles. The number of hydrogen-bond donors (Lipinski definition) is 0. The van der Waals surface area contributed by atoms with Gasteiger partial charge in [0.25, 0.3) is 0 Å². The molecule has 4 nitrogen and oxygen atoms in total. The van der Waals surface area contributed by atoms with Gasteiger partial charge in [-0.2, -0.15) is 0 Å². The number of nitrogens with zero attached hydrogens (tertiary/aromatic N) is 2. The van der Waals surface area contributed by atoms with Crippen molar-refractivity contribution in [3.8, 4) is 0 Å². The van der Waals surface area contributed by atoms with Gasteiger partial charge in [0.1, 0.15) is 11.2 Å². The van der Waals surface area contributed by atoms with E-state index < -0.39 is 0 Å². The SMILES string of the molecule is Cc1ccccc1N(c1cc(C(C)C)c2ccc3c(N(c4ccccc4C)c4cccc5c4oc4ccccc45)cc(C(C)C)c4ccc1c2c43)c1cccc2c1oc1ccccc12. The van der Waals surface area contributed by atoms with Crippen molar-refractivity contribution in [1.82, 2.24) is 0 Å². The third-order valence-electron chi connectivity index (χ3n) is 13.6. The molecule has 0 fully saturated rings. The summed E-state index contributed by atoms with van der Waals surface area (Å²) in [4.78, 5) is 4.92. The summed E-state index contributed by atoms with van der Waals surface area (Å²) in [6, 6.07) is 61.8. The van der Waals surface area contributed by atoms with Gasteiger partial charge in [0, 0.05) is 43.7 Å². The molecule has 0 aliphatic rings. The number of anilines is 6. The maximum atomic E-state index is 6.82. The summed E-state index contributed by atoms with van der Waals surface area (Å²) < 4.78 is 13.6. The number of aryl methyl sites for hydroxylation is 2. The average Bonchev–Trinajstić information content (AvgIpc) is 3.89. The van der Waals surface area contributed by atoms with Crippen LogP contribution in [0, 0.1) is 13.8 Å². The summed E-state index contributed by atoms with van der Waals surface area (Å²) in [6.07, 6.45) is 0. The lowest BCUT2D eigenvalue weighted by atomic mass is 9.84. The number of para-hydroxylation sites is 6. The normalized spacial score (nSPS) is 12.2. The highest BCUT2D eigenvalue weighted by atomic mass is 16.3. The Hall–Kier alpha value is -7.56. The molecule has 2 heterocycles. The van der Waals surface area contributed by atoms with Crippen LogP contribution in [0.3, 0.4) is 0 Å². The number of fused-ring (bicyclic) bond motifs is 6. The molecule has 0 bridgehead atoms. The summed E-state index contributed by atoms with van der Waals surface area (Å²) in [5.74, 6) is 0.504. The fourth-order valence-electron chi connectivity index (χ4n) is 10.6. The summed E-state index contributed by atoms with van der Waals surface area (Å²) in [5.41, 5.74) is 15.1. The van der Waals surface area contributed by atoms with Crippen molar-refractivity contribution in [1.29, 1.82) is 0 Å². The molecule has 0 radical (unpaired) electrons. The van der Waals surface area contributed by atoms with Gasteiger partial charge in [0.2, 0.25) is 0 Å². The van der Waals surface area contributed by atoms with Crippen LogP contribution in [-0.4, -0.2) is 0 Å². The molecule has 0 saturated heterocycles. The van der Waals surface area contributed by atoms with Gasteiger partial charge in [-0.15, -0.1) is 0 Å². The van der Waals surface area contributed by atoms with Gasteiger partial charge in [0.15, 0.2) is 11.2 Å². The Morgan fingerprint density at radius 3 is 1.11 bits per heavy atom. The number of furan rings is 2. The van der Waals surface area contributed by atoms with E-state index in [0.717, 1.165) is 78.0 Å². The molecule has 12 rings (SSSR count). The quantitative estimate of drug-likeness (QED) is 0.143. The second-order valence-electron chi connectivity index (χ2n) is 18.1. The van der Waals surface area contributed by atoms with E-state index in [-0.39, 0.29) is 11.8 Å². The minimum absolute atomic E-state index is 0.252. The first-order valence-electron chi connectivity index (χ1n) is 22.6. The van der Waals surface area contributed by atoms with Crippen molar-refractivity contribution in [2.24, 2.45) is 0 Å². The van der Waals surface area contributed by atoms with E-state index >= 15 is 0 Å². The van der Waals surface area contributed by atoms with Crippen LogP contribution in [0.15, 0.2) is 179 Å². The lowest BCUT2D eigenvalue weighted by Gasteiger charge is -2.32. The minimum atomic E-state index is 0.252. The van der Waals surface area contributed by atoms with E-state index in [2.05, 4.69) is 221 Å². The predicted molar refractivity (Wildman–Crippen MR) is 272 cm³/mol. The van der Waals surface area contributed by atoms with Crippen LogP contribution in [0.25, 0.3) is 76.2 Å². The highest BCUT2D eigenvalue weighted by Gasteiger charge is 2.29. The van der Waals surface area contributed by atoms with Gasteiger partial charge in [-0.3, -0.25) is 0 Å². The Kier molecular flexibility index (Phi) is 8.64. The second kappa shape index (κ2) is 14.5. The number of rotatable bonds is 8. The Balaban J connectivity index is 1.22. The monoisotopic (exact) mass is 828 g/mol. The van der Waals surface area contributed by atoms with Crippen LogP contribution < -0.4 is 9.80 Å². The molecular formula is C60H48N2O2. The van der Waals surface area contributed by atoms with Crippen LogP contribution in [0.5, 0.6) is 0 Å². The minimum Gasteiger partial charge on any atom is -0.454 e. The van der Waals surface area contributed by atoms with Crippen molar-refractivity contribution < 1.29 is 8.83 Å². The predicted octanol–water partition coefficient (Wildman–Crippen LogP) is 18.2. The Morgan fingerprint density at radius 2 is 0.688 bits per heavy atom. The van der Waals surface area contributed by atoms with Crippen LogP contribution in [0.4, 0.5) is 34.1 Å². The van der Waals surface area contributed by atoms with E-state index in [4.69, 9.17) is 8.83 Å². The third kappa shape index (κ3) is 5.61. The van der Waals surface area contributed by atoms with Crippen LogP contribution in [0.2, 0.25) is 0 Å². The fourth-order valence-corrected chi connectivity index (χ4v) is 10.6. The standard InChI is InChI=1S/C60H48N2O2/c1-35(2)47-33-53(61(49-23-11-7-17-37(49)5)51-25-15-21-43-39-19-9-13-27-55(39)63-59(43)51)45-32-30-42-48(36(3)4)34-54(46-31-29-41(47)57(45)58(42)46)62(50-24-12-8-18-38(50)6)52-26-16-22-44-40-20-10-14-28-56(40)64-60(44)52/h7-36H,1-6H3. The van der Waals surface area contributed by atoms with Gasteiger partial charge in [-0.05, 0) is 118 Å². The third-order valence-corrected chi connectivity index (χ3v) is 13.6. The molecule has 4 heteroatoms. The first kappa shape index (κ1) is 38.1. The Labute approximate surface area is 372 Å². The summed E-state index contributed by atoms with van der Waals surface area (Å²) in [7, 11) is 0. The van der Waals surface area contributed by atoms with E-state index in [1.54, 1.807) is 0 Å². The molecule has 12 aromatic rings. The highest BCUT2D eigenvalue weighted by molar-refractivity contribution is 6.30. The highest BCUT2D eigenvalue weighted by Crippen LogP contribution is 2.53. The molecule has 0 atom stereocenters. The molecule has 0 aliphatic carbocycles. The molecule has 10 aromatic carbocycles. The molecule has 0 N–H and O–H groups in total. The summed E-state index contributed by atoms with van der Waals surface area (Å²) in [6.45, 7) is 13.7. The zero-order chi connectivity index (χ0) is 43.4. The number of hydrogen-bond acceptors (Lipinski definition) is 4. The molecular weight excluding hydrogens is 781 g/mol. The van der Waals surface area contributed by atoms with Crippen LogP contribution in [0.1, 0.15) is 61.8 Å². The van der Waals surface area contributed by atoms with E-state index in [1.807, 2.05) is 0 Å². The first-order chi connectivity index (χ1) is 31.3. The maximum absolute atomic E-state index is 6.82.